The van der Waals surface area contributed by atoms with Crippen LogP contribution in [-0.2, 0) is 0 Å². The Bertz CT molecular complexity index is 325. The number of benzene rings is 1. The van der Waals surface area contributed by atoms with E-state index in [1.807, 2.05) is 6.92 Å². The molecule has 1 aromatic rings. The lowest BCUT2D eigenvalue weighted by molar-refractivity contribution is 0.496. The molecule has 1 nitrogen and oxygen atoms in total. The van der Waals surface area contributed by atoms with Crippen LogP contribution in [0.1, 0.15) is 32.4 Å². The summed E-state index contributed by atoms with van der Waals surface area (Å²) in [6.45, 7) is 7.24. The highest BCUT2D eigenvalue weighted by Gasteiger charge is 2.09. The van der Waals surface area contributed by atoms with Crippen LogP contribution >= 0.6 is 11.6 Å². The quantitative estimate of drug-likeness (QED) is 0.829. The van der Waals surface area contributed by atoms with E-state index in [0.717, 1.165) is 12.1 Å². The molecule has 1 rings (SSSR count). The maximum Gasteiger partial charge on any atom is 0.124 e. The Morgan fingerprint density at radius 2 is 2.00 bits per heavy atom. The Balaban J connectivity index is 2.69. The third-order valence-electron chi connectivity index (χ3n) is 2.26. The van der Waals surface area contributed by atoms with Crippen molar-refractivity contribution in [3.05, 3.63) is 34.6 Å². The lowest BCUT2D eigenvalue weighted by atomic mass is 10.1. The van der Waals surface area contributed by atoms with Crippen molar-refractivity contribution >= 4 is 11.6 Å². The largest absolute Gasteiger partial charge is 0.310 e. The lowest BCUT2D eigenvalue weighted by Crippen LogP contribution is -2.23. The Labute approximate surface area is 95.6 Å². The van der Waals surface area contributed by atoms with Gasteiger partial charge in [0.2, 0.25) is 0 Å². The van der Waals surface area contributed by atoms with Gasteiger partial charge in [0, 0.05) is 11.1 Å². The topological polar surface area (TPSA) is 12.0 Å². The predicted molar refractivity (Wildman–Crippen MR) is 62.7 cm³/mol. The van der Waals surface area contributed by atoms with Crippen molar-refractivity contribution in [2.75, 3.05) is 6.54 Å². The minimum absolute atomic E-state index is 0.153. The van der Waals surface area contributed by atoms with Crippen molar-refractivity contribution in [3.8, 4) is 0 Å². The normalized spacial score (nSPS) is 13.2. The van der Waals surface area contributed by atoms with Gasteiger partial charge in [-0.2, -0.15) is 0 Å². The first kappa shape index (κ1) is 12.5. The highest BCUT2D eigenvalue weighted by molar-refractivity contribution is 6.31. The summed E-state index contributed by atoms with van der Waals surface area (Å²) >= 11 is 5.96. The van der Waals surface area contributed by atoms with Crippen molar-refractivity contribution in [1.29, 1.82) is 0 Å². The molecule has 0 heterocycles. The fourth-order valence-corrected chi connectivity index (χ4v) is 1.71. The molecular weight excluding hydrogens is 213 g/mol. The zero-order valence-electron chi connectivity index (χ0n) is 9.35. The van der Waals surface area contributed by atoms with E-state index in [1.165, 1.54) is 12.1 Å². The van der Waals surface area contributed by atoms with Gasteiger partial charge in [-0.1, -0.05) is 31.5 Å². The third kappa shape index (κ3) is 3.80. The minimum atomic E-state index is -0.292. The number of nitrogens with one attached hydrogen (secondary N) is 1. The summed E-state index contributed by atoms with van der Waals surface area (Å²) in [7, 11) is 0. The molecule has 0 saturated heterocycles. The Kier molecular flexibility index (Phi) is 4.55. The average molecular weight is 230 g/mol. The second-order valence-electron chi connectivity index (χ2n) is 4.19. The third-order valence-corrected chi connectivity index (χ3v) is 2.59. The van der Waals surface area contributed by atoms with Gasteiger partial charge in [0.1, 0.15) is 5.82 Å². The number of hydrogen-bond acceptors (Lipinski definition) is 1. The predicted octanol–water partition coefficient (Wildman–Crippen LogP) is 3.79. The van der Waals surface area contributed by atoms with Crippen LogP contribution in [0.5, 0.6) is 0 Å². The summed E-state index contributed by atoms with van der Waals surface area (Å²) < 4.78 is 12.8. The molecule has 1 N–H and O–H groups in total. The lowest BCUT2D eigenvalue weighted by Gasteiger charge is -2.17. The fraction of sp³-hybridized carbons (Fsp3) is 0.500. The van der Waals surface area contributed by atoms with Crippen molar-refractivity contribution in [2.24, 2.45) is 5.92 Å². The van der Waals surface area contributed by atoms with Crippen LogP contribution < -0.4 is 5.32 Å². The van der Waals surface area contributed by atoms with Crippen molar-refractivity contribution in [2.45, 2.75) is 26.8 Å². The molecule has 0 amide bonds. The van der Waals surface area contributed by atoms with Crippen LogP contribution in [0.25, 0.3) is 0 Å². The summed E-state index contributed by atoms with van der Waals surface area (Å²) in [6.07, 6.45) is 0. The maximum absolute atomic E-state index is 12.8. The SMILES string of the molecule is CC(C)CN[C@H](C)c1ccc(F)cc1Cl. The molecule has 0 aliphatic rings. The molecule has 0 fully saturated rings. The molecule has 0 aliphatic heterocycles. The molecule has 0 unspecified atom stereocenters. The summed E-state index contributed by atoms with van der Waals surface area (Å²) in [5.41, 5.74) is 0.943. The van der Waals surface area contributed by atoms with E-state index < -0.39 is 0 Å². The van der Waals surface area contributed by atoms with Crippen LogP contribution in [0.3, 0.4) is 0 Å². The Morgan fingerprint density at radius 3 is 2.53 bits per heavy atom. The smallest absolute Gasteiger partial charge is 0.124 e. The maximum atomic E-state index is 12.8. The first-order valence-electron chi connectivity index (χ1n) is 5.19. The molecule has 0 spiro atoms. The van der Waals surface area contributed by atoms with Crippen LogP contribution in [0.4, 0.5) is 4.39 Å². The van der Waals surface area contributed by atoms with Crippen molar-refractivity contribution < 1.29 is 4.39 Å². The van der Waals surface area contributed by atoms with Gasteiger partial charge in [0.05, 0.1) is 0 Å². The van der Waals surface area contributed by atoms with E-state index in [2.05, 4.69) is 19.2 Å². The molecular formula is C12H17ClFN. The van der Waals surface area contributed by atoms with E-state index in [1.54, 1.807) is 6.07 Å². The second kappa shape index (κ2) is 5.47. The zero-order valence-corrected chi connectivity index (χ0v) is 10.1. The van der Waals surface area contributed by atoms with Crippen LogP contribution in [0.2, 0.25) is 5.02 Å². The highest BCUT2D eigenvalue weighted by Crippen LogP contribution is 2.23. The molecule has 84 valence electrons. The van der Waals surface area contributed by atoms with Gasteiger partial charge >= 0.3 is 0 Å². The summed E-state index contributed by atoms with van der Waals surface area (Å²) in [4.78, 5) is 0. The molecule has 0 saturated carbocycles. The minimum Gasteiger partial charge on any atom is -0.310 e. The summed E-state index contributed by atoms with van der Waals surface area (Å²) in [6, 6.07) is 4.68. The number of rotatable bonds is 4. The molecule has 0 aliphatic carbocycles. The highest BCUT2D eigenvalue weighted by atomic mass is 35.5. The Hall–Kier alpha value is -0.600. The molecule has 0 bridgehead atoms. The molecule has 0 radical (unpaired) electrons. The fourth-order valence-electron chi connectivity index (χ4n) is 1.38. The monoisotopic (exact) mass is 229 g/mol. The van der Waals surface area contributed by atoms with E-state index in [-0.39, 0.29) is 11.9 Å². The molecule has 1 aromatic carbocycles. The second-order valence-corrected chi connectivity index (χ2v) is 4.60. The van der Waals surface area contributed by atoms with E-state index in [9.17, 15) is 4.39 Å². The molecule has 3 heteroatoms. The molecule has 0 aromatic heterocycles. The molecule has 15 heavy (non-hydrogen) atoms. The zero-order chi connectivity index (χ0) is 11.4. The van der Waals surface area contributed by atoms with Crippen molar-refractivity contribution in [1.82, 2.24) is 5.32 Å². The van der Waals surface area contributed by atoms with Gasteiger partial charge in [-0.25, -0.2) is 4.39 Å². The van der Waals surface area contributed by atoms with Crippen LogP contribution in [-0.4, -0.2) is 6.54 Å². The van der Waals surface area contributed by atoms with Crippen LogP contribution in [0.15, 0.2) is 18.2 Å². The van der Waals surface area contributed by atoms with Gasteiger partial charge in [-0.15, -0.1) is 0 Å². The Morgan fingerprint density at radius 1 is 1.33 bits per heavy atom. The van der Waals surface area contributed by atoms with Crippen molar-refractivity contribution in [3.63, 3.8) is 0 Å². The van der Waals surface area contributed by atoms with E-state index in [4.69, 9.17) is 11.6 Å². The van der Waals surface area contributed by atoms with Gasteiger partial charge in [-0.05, 0) is 37.1 Å². The van der Waals surface area contributed by atoms with Gasteiger partial charge in [-0.3, -0.25) is 0 Å². The standard InChI is InChI=1S/C12H17ClFN/c1-8(2)7-15-9(3)11-5-4-10(14)6-12(11)13/h4-6,8-9,15H,7H2,1-3H3/t9-/m1/s1. The number of halogens is 2. The average Bonchev–Trinajstić information content (AvgIpc) is 2.14. The molecule has 1 atom stereocenters. The van der Waals surface area contributed by atoms with Gasteiger partial charge in [0.15, 0.2) is 0 Å². The van der Waals surface area contributed by atoms with E-state index in [0.29, 0.717) is 10.9 Å². The first-order valence-corrected chi connectivity index (χ1v) is 5.57. The van der Waals surface area contributed by atoms with Crippen LogP contribution in [0, 0.1) is 11.7 Å². The van der Waals surface area contributed by atoms with Gasteiger partial charge in [0.25, 0.3) is 0 Å². The summed E-state index contributed by atoms with van der Waals surface area (Å²) in [5, 5.41) is 3.84. The number of hydrogen-bond donors (Lipinski definition) is 1. The van der Waals surface area contributed by atoms with E-state index >= 15 is 0 Å². The summed E-state index contributed by atoms with van der Waals surface area (Å²) in [5.74, 6) is 0.298. The van der Waals surface area contributed by atoms with Gasteiger partial charge < -0.3 is 5.32 Å². The first-order chi connectivity index (χ1) is 7.00.